The highest BCUT2D eigenvalue weighted by Gasteiger charge is 2.28. The van der Waals surface area contributed by atoms with Gasteiger partial charge in [-0.3, -0.25) is 4.98 Å². The predicted octanol–water partition coefficient (Wildman–Crippen LogP) is 2.47. The van der Waals surface area contributed by atoms with Gasteiger partial charge in [0.25, 0.3) is 0 Å². The summed E-state index contributed by atoms with van der Waals surface area (Å²) < 4.78 is 0. The fourth-order valence-electron chi connectivity index (χ4n) is 3.33. The van der Waals surface area contributed by atoms with E-state index in [1.165, 1.54) is 18.3 Å². The Bertz CT molecular complexity index is 773. The molecule has 0 aromatic carbocycles. The van der Waals surface area contributed by atoms with Gasteiger partial charge in [-0.25, -0.2) is 14.8 Å². The number of carboxylic acid groups (broad SMARTS) is 1. The molecule has 1 fully saturated rings. The summed E-state index contributed by atoms with van der Waals surface area (Å²) >= 11 is 0. The number of aliphatic hydroxyl groups excluding tert-OH is 1. The molecule has 3 heterocycles. The van der Waals surface area contributed by atoms with Crippen molar-refractivity contribution in [3.05, 3.63) is 36.2 Å². The van der Waals surface area contributed by atoms with Crippen LogP contribution >= 0.6 is 0 Å². The summed E-state index contributed by atoms with van der Waals surface area (Å²) in [6.07, 6.45) is 4.67. The van der Waals surface area contributed by atoms with Gasteiger partial charge in [-0.15, -0.1) is 0 Å². The molecule has 7 nitrogen and oxygen atoms in total. The van der Waals surface area contributed by atoms with Gasteiger partial charge in [0, 0.05) is 25.5 Å². The van der Waals surface area contributed by atoms with Gasteiger partial charge in [0.1, 0.15) is 0 Å². The van der Waals surface area contributed by atoms with Gasteiger partial charge in [-0.1, -0.05) is 13.8 Å². The first-order chi connectivity index (χ1) is 12.5. The van der Waals surface area contributed by atoms with Gasteiger partial charge in [-0.2, -0.15) is 0 Å². The van der Waals surface area contributed by atoms with Crippen molar-refractivity contribution in [3.8, 4) is 11.4 Å². The normalized spacial score (nSPS) is 16.7. The molecule has 2 N–H and O–H groups in total. The van der Waals surface area contributed by atoms with Gasteiger partial charge in [0.15, 0.2) is 0 Å². The third-order valence-corrected chi connectivity index (χ3v) is 4.90. The molecular formula is C19H24N4O3. The lowest BCUT2D eigenvalue weighted by Crippen LogP contribution is -2.40. The number of carbonyl (C=O) groups is 1. The lowest BCUT2D eigenvalue weighted by Gasteiger charge is -2.35. The minimum Gasteiger partial charge on any atom is -0.478 e. The van der Waals surface area contributed by atoms with Crippen molar-refractivity contribution in [3.63, 3.8) is 0 Å². The maximum atomic E-state index is 11.1. The lowest BCUT2D eigenvalue weighted by molar-refractivity contribution is 0.0525. The van der Waals surface area contributed by atoms with E-state index >= 15 is 0 Å². The third kappa shape index (κ3) is 3.99. The lowest BCUT2D eigenvalue weighted by atomic mass is 9.86. The minimum absolute atomic E-state index is 0.179. The fourth-order valence-corrected chi connectivity index (χ4v) is 3.33. The molecule has 1 aliphatic rings. The molecule has 7 heteroatoms. The van der Waals surface area contributed by atoms with E-state index in [-0.39, 0.29) is 17.6 Å². The highest BCUT2D eigenvalue weighted by atomic mass is 16.4. The van der Waals surface area contributed by atoms with Crippen LogP contribution in [0.1, 0.15) is 37.0 Å². The molecule has 1 saturated heterocycles. The van der Waals surface area contributed by atoms with Crippen LogP contribution in [0.2, 0.25) is 0 Å². The average molecular weight is 356 g/mol. The van der Waals surface area contributed by atoms with Gasteiger partial charge in [0.2, 0.25) is 5.95 Å². The van der Waals surface area contributed by atoms with Gasteiger partial charge in [-0.05, 0) is 42.9 Å². The molecule has 2 aromatic rings. The molecular weight excluding hydrogens is 332 g/mol. The first-order valence-corrected chi connectivity index (χ1v) is 8.91. The summed E-state index contributed by atoms with van der Waals surface area (Å²) in [6, 6.07) is 4.70. The number of pyridine rings is 1. The fraction of sp³-hybridized carbons (Fsp3) is 0.474. The maximum absolute atomic E-state index is 11.1. The Morgan fingerprint density at radius 2 is 1.85 bits per heavy atom. The number of hydrogen-bond acceptors (Lipinski definition) is 6. The summed E-state index contributed by atoms with van der Waals surface area (Å²) in [5.41, 5.74) is 1.29. The quantitative estimate of drug-likeness (QED) is 0.849. The Kier molecular flexibility index (Phi) is 5.46. The number of aromatic carboxylic acids is 1. The zero-order chi connectivity index (χ0) is 18.7. The predicted molar refractivity (Wildman–Crippen MR) is 98.0 cm³/mol. The van der Waals surface area contributed by atoms with Crippen molar-refractivity contribution in [2.45, 2.75) is 32.8 Å². The van der Waals surface area contributed by atoms with Crippen LogP contribution in [-0.2, 0) is 0 Å². The number of aromatic nitrogens is 3. The first-order valence-electron chi connectivity index (χ1n) is 8.91. The van der Waals surface area contributed by atoms with Crippen LogP contribution < -0.4 is 4.90 Å². The molecule has 138 valence electrons. The maximum Gasteiger partial charge on any atom is 0.335 e. The van der Waals surface area contributed by atoms with Crippen LogP contribution in [0.5, 0.6) is 0 Å². The van der Waals surface area contributed by atoms with Crippen molar-refractivity contribution in [2.24, 2.45) is 11.8 Å². The summed E-state index contributed by atoms with van der Waals surface area (Å²) in [5, 5.41) is 19.4. The van der Waals surface area contributed by atoms with Gasteiger partial charge >= 0.3 is 5.97 Å². The monoisotopic (exact) mass is 356 g/mol. The first kappa shape index (κ1) is 18.3. The van der Waals surface area contributed by atoms with Crippen LogP contribution in [0.25, 0.3) is 11.4 Å². The summed E-state index contributed by atoms with van der Waals surface area (Å²) in [4.78, 5) is 26.4. The standard InChI is InChI=1S/C19H24N4O3/c1-12(2)17(24)13-5-9-23(10-6-13)19-21-8-4-15(22-19)16-11-14(18(25)26)3-7-20-16/h3-4,7-8,11-13,17,24H,5-6,9-10H2,1-2H3,(H,25,26)/t17-/m1/s1. The third-order valence-electron chi connectivity index (χ3n) is 4.90. The minimum atomic E-state index is -0.992. The Hall–Kier alpha value is -2.54. The van der Waals surface area contributed by atoms with Crippen molar-refractivity contribution in [1.82, 2.24) is 15.0 Å². The molecule has 1 atom stereocenters. The van der Waals surface area contributed by atoms with Crippen LogP contribution in [0.4, 0.5) is 5.95 Å². The second-order valence-electron chi connectivity index (χ2n) is 7.04. The molecule has 0 saturated carbocycles. The van der Waals surface area contributed by atoms with E-state index in [1.54, 1.807) is 12.3 Å². The van der Waals surface area contributed by atoms with Crippen molar-refractivity contribution in [2.75, 3.05) is 18.0 Å². The highest BCUT2D eigenvalue weighted by Crippen LogP contribution is 2.27. The molecule has 0 bridgehead atoms. The van der Waals surface area contributed by atoms with Crippen LogP contribution in [-0.4, -0.2) is 50.3 Å². The molecule has 3 rings (SSSR count). The smallest absolute Gasteiger partial charge is 0.335 e. The molecule has 0 spiro atoms. The zero-order valence-electron chi connectivity index (χ0n) is 15.0. The molecule has 0 radical (unpaired) electrons. The highest BCUT2D eigenvalue weighted by molar-refractivity contribution is 5.88. The number of nitrogens with zero attached hydrogens (tertiary/aromatic N) is 4. The zero-order valence-corrected chi connectivity index (χ0v) is 15.0. The van der Waals surface area contributed by atoms with Crippen LogP contribution in [0.15, 0.2) is 30.6 Å². The summed E-state index contributed by atoms with van der Waals surface area (Å²) in [5.74, 6) is 0.193. The second kappa shape index (κ2) is 7.78. The number of aliphatic hydroxyl groups is 1. The van der Waals surface area contributed by atoms with E-state index in [4.69, 9.17) is 5.11 Å². The Morgan fingerprint density at radius 3 is 2.50 bits per heavy atom. The number of hydrogen-bond donors (Lipinski definition) is 2. The van der Waals surface area contributed by atoms with E-state index in [0.29, 0.717) is 23.3 Å². The molecule has 0 unspecified atom stereocenters. The topological polar surface area (TPSA) is 99.4 Å². The largest absolute Gasteiger partial charge is 0.478 e. The second-order valence-corrected chi connectivity index (χ2v) is 7.04. The van der Waals surface area contributed by atoms with E-state index in [9.17, 15) is 9.90 Å². The number of carboxylic acids is 1. The van der Waals surface area contributed by atoms with E-state index < -0.39 is 5.97 Å². The SMILES string of the molecule is CC(C)[C@@H](O)C1CCN(c2nccc(-c3cc(C(=O)O)ccn3)n2)CC1. The Balaban J connectivity index is 1.74. The Morgan fingerprint density at radius 1 is 1.15 bits per heavy atom. The van der Waals surface area contributed by atoms with Crippen LogP contribution in [0, 0.1) is 11.8 Å². The van der Waals surface area contributed by atoms with Crippen LogP contribution in [0.3, 0.4) is 0 Å². The van der Waals surface area contributed by atoms with Crippen molar-refractivity contribution in [1.29, 1.82) is 0 Å². The molecule has 0 amide bonds. The van der Waals surface area contributed by atoms with Crippen molar-refractivity contribution >= 4 is 11.9 Å². The van der Waals surface area contributed by atoms with E-state index in [0.717, 1.165) is 25.9 Å². The average Bonchev–Trinajstić information content (AvgIpc) is 2.67. The molecule has 2 aromatic heterocycles. The molecule has 26 heavy (non-hydrogen) atoms. The Labute approximate surface area is 152 Å². The molecule has 1 aliphatic heterocycles. The van der Waals surface area contributed by atoms with Gasteiger partial charge in [0.05, 0.1) is 23.1 Å². The number of rotatable bonds is 5. The summed E-state index contributed by atoms with van der Waals surface area (Å²) in [6.45, 7) is 5.67. The van der Waals surface area contributed by atoms with Crippen molar-refractivity contribution < 1.29 is 15.0 Å². The van der Waals surface area contributed by atoms with Gasteiger partial charge < -0.3 is 15.1 Å². The van der Waals surface area contributed by atoms with E-state index in [1.807, 2.05) is 13.8 Å². The molecule has 0 aliphatic carbocycles. The summed E-state index contributed by atoms with van der Waals surface area (Å²) in [7, 11) is 0. The number of anilines is 1. The number of piperidine rings is 1. The van der Waals surface area contributed by atoms with E-state index in [2.05, 4.69) is 19.9 Å².